The molecule has 2 aromatic rings. The van der Waals surface area contributed by atoms with Gasteiger partial charge in [-0.1, -0.05) is 17.7 Å². The Morgan fingerprint density at radius 2 is 1.88 bits per heavy atom. The van der Waals surface area contributed by atoms with E-state index in [4.69, 9.17) is 21.1 Å². The Morgan fingerprint density at radius 1 is 1.15 bits per heavy atom. The van der Waals surface area contributed by atoms with Crippen molar-refractivity contribution in [2.24, 2.45) is 0 Å². The topological polar surface area (TPSA) is 67.9 Å². The van der Waals surface area contributed by atoms with E-state index in [2.05, 4.69) is 5.32 Å². The quantitative estimate of drug-likeness (QED) is 0.873. The molecule has 1 heterocycles. The molecular weight excluding hydrogens is 356 g/mol. The number of para-hydroxylation sites is 1. The average Bonchev–Trinajstić information content (AvgIpc) is 3.01. The summed E-state index contributed by atoms with van der Waals surface area (Å²) in [5.41, 5.74) is 1.12. The first-order valence-electron chi connectivity index (χ1n) is 8.11. The van der Waals surface area contributed by atoms with Gasteiger partial charge in [0, 0.05) is 23.7 Å². The van der Waals surface area contributed by atoms with Crippen LogP contribution in [0, 0.1) is 0 Å². The molecule has 2 aromatic carbocycles. The number of methoxy groups -OCH3 is 2. The lowest BCUT2D eigenvalue weighted by Crippen LogP contribution is -2.37. The summed E-state index contributed by atoms with van der Waals surface area (Å²) in [6, 6.07) is 11.8. The number of nitrogens with zero attached hydrogens (tertiary/aromatic N) is 1. The molecule has 0 saturated carbocycles. The van der Waals surface area contributed by atoms with E-state index in [1.54, 1.807) is 47.4 Å². The number of anilines is 1. The molecule has 0 radical (unpaired) electrons. The standard InChI is InChI=1S/C19H19ClN2O4/c1-25-16-5-3-4-15(18(16)26-2)19(24)21-13-10-17(23)22(11-13)14-8-6-12(20)7-9-14/h3-9,13H,10-11H2,1-2H3,(H,21,24)/t13-/m0/s1. The zero-order valence-corrected chi connectivity index (χ0v) is 15.2. The smallest absolute Gasteiger partial charge is 0.255 e. The average molecular weight is 375 g/mol. The van der Waals surface area contributed by atoms with Gasteiger partial charge in [0.25, 0.3) is 5.91 Å². The van der Waals surface area contributed by atoms with Crippen LogP contribution < -0.4 is 19.7 Å². The zero-order chi connectivity index (χ0) is 18.7. The summed E-state index contributed by atoms with van der Waals surface area (Å²) in [6.45, 7) is 0.401. The molecule has 0 bridgehead atoms. The van der Waals surface area contributed by atoms with Crippen molar-refractivity contribution < 1.29 is 19.1 Å². The van der Waals surface area contributed by atoms with Crippen LogP contribution in [0.2, 0.25) is 5.02 Å². The number of nitrogens with one attached hydrogen (secondary N) is 1. The first-order valence-corrected chi connectivity index (χ1v) is 8.49. The number of benzene rings is 2. The molecule has 1 N–H and O–H groups in total. The van der Waals surface area contributed by atoms with E-state index < -0.39 is 0 Å². The lowest BCUT2D eigenvalue weighted by molar-refractivity contribution is -0.117. The van der Waals surface area contributed by atoms with Crippen molar-refractivity contribution in [3.8, 4) is 11.5 Å². The maximum atomic E-state index is 12.6. The van der Waals surface area contributed by atoms with Crippen LogP contribution in [0.4, 0.5) is 5.69 Å². The zero-order valence-electron chi connectivity index (χ0n) is 14.5. The Bertz CT molecular complexity index is 823. The van der Waals surface area contributed by atoms with Gasteiger partial charge in [0.05, 0.1) is 25.8 Å². The molecule has 1 aliphatic rings. The van der Waals surface area contributed by atoms with E-state index in [9.17, 15) is 9.59 Å². The second kappa shape index (κ2) is 7.66. The van der Waals surface area contributed by atoms with Crippen LogP contribution in [-0.2, 0) is 4.79 Å². The van der Waals surface area contributed by atoms with Gasteiger partial charge >= 0.3 is 0 Å². The minimum absolute atomic E-state index is 0.0461. The fourth-order valence-corrected chi connectivity index (χ4v) is 3.13. The van der Waals surface area contributed by atoms with Gasteiger partial charge in [-0.15, -0.1) is 0 Å². The Hall–Kier alpha value is -2.73. The second-order valence-corrected chi connectivity index (χ2v) is 6.33. The number of rotatable bonds is 5. The second-order valence-electron chi connectivity index (χ2n) is 5.90. The SMILES string of the molecule is COc1cccc(C(=O)N[C@H]2CC(=O)N(c3ccc(Cl)cc3)C2)c1OC. The van der Waals surface area contributed by atoms with E-state index in [0.29, 0.717) is 28.6 Å². The molecule has 0 aliphatic carbocycles. The molecule has 2 amide bonds. The highest BCUT2D eigenvalue weighted by Gasteiger charge is 2.32. The maximum absolute atomic E-state index is 12.6. The summed E-state index contributed by atoms with van der Waals surface area (Å²) >= 11 is 5.89. The van der Waals surface area contributed by atoms with E-state index >= 15 is 0 Å². The molecule has 136 valence electrons. The summed E-state index contributed by atoms with van der Waals surface area (Å²) in [7, 11) is 3.00. The minimum Gasteiger partial charge on any atom is -0.493 e. The summed E-state index contributed by atoms with van der Waals surface area (Å²) in [4.78, 5) is 26.6. The molecule has 1 saturated heterocycles. The number of carbonyl (C=O) groups is 2. The first-order chi connectivity index (χ1) is 12.5. The molecule has 3 rings (SSSR count). The first kappa shape index (κ1) is 18.1. The fraction of sp³-hybridized carbons (Fsp3) is 0.263. The minimum atomic E-state index is -0.309. The molecule has 26 heavy (non-hydrogen) atoms. The van der Waals surface area contributed by atoms with Gasteiger partial charge in [-0.2, -0.15) is 0 Å². The van der Waals surface area contributed by atoms with Crippen LogP contribution in [-0.4, -0.2) is 38.6 Å². The predicted molar refractivity (Wildman–Crippen MR) is 99.2 cm³/mol. The molecule has 7 heteroatoms. The van der Waals surface area contributed by atoms with E-state index in [-0.39, 0.29) is 24.3 Å². The normalized spacial score (nSPS) is 16.5. The molecule has 1 fully saturated rings. The van der Waals surface area contributed by atoms with Crippen molar-refractivity contribution in [3.63, 3.8) is 0 Å². The maximum Gasteiger partial charge on any atom is 0.255 e. The molecule has 0 unspecified atom stereocenters. The van der Waals surface area contributed by atoms with Crippen molar-refractivity contribution in [1.82, 2.24) is 5.32 Å². The van der Waals surface area contributed by atoms with Gasteiger partial charge in [0.1, 0.15) is 0 Å². The molecule has 1 aliphatic heterocycles. The van der Waals surface area contributed by atoms with Gasteiger partial charge in [-0.05, 0) is 36.4 Å². The highest BCUT2D eigenvalue weighted by molar-refractivity contribution is 6.30. The monoisotopic (exact) mass is 374 g/mol. The summed E-state index contributed by atoms with van der Waals surface area (Å²) in [5, 5.41) is 3.51. The number of hydrogen-bond donors (Lipinski definition) is 1. The highest BCUT2D eigenvalue weighted by Crippen LogP contribution is 2.31. The molecule has 0 spiro atoms. The number of hydrogen-bond acceptors (Lipinski definition) is 4. The summed E-state index contributed by atoms with van der Waals surface area (Å²) in [6.07, 6.45) is 0.237. The largest absolute Gasteiger partial charge is 0.493 e. The number of ether oxygens (including phenoxy) is 2. The van der Waals surface area contributed by atoms with Gasteiger partial charge < -0.3 is 19.7 Å². The fourth-order valence-electron chi connectivity index (χ4n) is 3.00. The van der Waals surface area contributed by atoms with Crippen LogP contribution in [0.25, 0.3) is 0 Å². The Morgan fingerprint density at radius 3 is 2.54 bits per heavy atom. The predicted octanol–water partition coefficient (Wildman–Crippen LogP) is 2.89. The Kier molecular flexibility index (Phi) is 5.32. The molecule has 0 aromatic heterocycles. The number of carbonyl (C=O) groups excluding carboxylic acids is 2. The Labute approximate surface area is 156 Å². The van der Waals surface area contributed by atoms with Crippen LogP contribution in [0.5, 0.6) is 11.5 Å². The third kappa shape index (κ3) is 3.60. The van der Waals surface area contributed by atoms with Gasteiger partial charge in [-0.3, -0.25) is 9.59 Å². The summed E-state index contributed by atoms with van der Waals surface area (Å²) in [5.74, 6) is 0.489. The molecule has 1 atom stereocenters. The van der Waals surface area contributed by atoms with Gasteiger partial charge in [-0.25, -0.2) is 0 Å². The van der Waals surface area contributed by atoms with Crippen LogP contribution >= 0.6 is 11.6 Å². The lowest BCUT2D eigenvalue weighted by Gasteiger charge is -2.18. The van der Waals surface area contributed by atoms with E-state index in [1.807, 2.05) is 0 Å². The van der Waals surface area contributed by atoms with Crippen LogP contribution in [0.15, 0.2) is 42.5 Å². The van der Waals surface area contributed by atoms with Crippen LogP contribution in [0.1, 0.15) is 16.8 Å². The van der Waals surface area contributed by atoms with Crippen molar-refractivity contribution >= 4 is 29.1 Å². The van der Waals surface area contributed by atoms with E-state index in [1.165, 1.54) is 14.2 Å². The van der Waals surface area contributed by atoms with Gasteiger partial charge in [0.15, 0.2) is 11.5 Å². The third-order valence-electron chi connectivity index (χ3n) is 4.25. The van der Waals surface area contributed by atoms with Crippen LogP contribution in [0.3, 0.4) is 0 Å². The lowest BCUT2D eigenvalue weighted by atomic mass is 10.1. The van der Waals surface area contributed by atoms with Crippen molar-refractivity contribution in [2.75, 3.05) is 25.7 Å². The van der Waals surface area contributed by atoms with Crippen molar-refractivity contribution in [2.45, 2.75) is 12.5 Å². The number of halogens is 1. The molecule has 6 nitrogen and oxygen atoms in total. The number of amides is 2. The van der Waals surface area contributed by atoms with Crippen molar-refractivity contribution in [1.29, 1.82) is 0 Å². The molecular formula is C19H19ClN2O4. The third-order valence-corrected chi connectivity index (χ3v) is 4.50. The Balaban J connectivity index is 1.73. The van der Waals surface area contributed by atoms with E-state index in [0.717, 1.165) is 5.69 Å². The summed E-state index contributed by atoms with van der Waals surface area (Å²) < 4.78 is 10.5. The van der Waals surface area contributed by atoms with Crippen molar-refractivity contribution in [3.05, 3.63) is 53.1 Å². The van der Waals surface area contributed by atoms with Gasteiger partial charge in [0.2, 0.25) is 5.91 Å². The highest BCUT2D eigenvalue weighted by atomic mass is 35.5.